The lowest BCUT2D eigenvalue weighted by Gasteiger charge is -2.14. The van der Waals surface area contributed by atoms with Gasteiger partial charge in [-0.1, -0.05) is 18.2 Å². The van der Waals surface area contributed by atoms with E-state index in [2.05, 4.69) is 10.6 Å². The minimum atomic E-state index is -0.475. The Hall–Kier alpha value is -4.18. The van der Waals surface area contributed by atoms with Crippen molar-refractivity contribution in [3.05, 3.63) is 94.0 Å². The maximum atomic E-state index is 13.1. The number of halogens is 1. The first-order valence-corrected chi connectivity index (χ1v) is 11.4. The summed E-state index contributed by atoms with van der Waals surface area (Å²) < 4.78 is 18.1. The van der Waals surface area contributed by atoms with Gasteiger partial charge in [0.25, 0.3) is 23.0 Å². The lowest BCUT2D eigenvalue weighted by molar-refractivity contribution is -0.122. The first kappa shape index (κ1) is 24.0. The highest BCUT2D eigenvalue weighted by atomic mass is 32.2. The molecule has 1 saturated heterocycles. The number of thioether (sulfide) groups is 1. The molecule has 10 heteroatoms. The van der Waals surface area contributed by atoms with Gasteiger partial charge in [-0.3, -0.25) is 24.1 Å². The summed E-state index contributed by atoms with van der Waals surface area (Å²) in [5.41, 5.74) is 2.11. The molecule has 4 amide bonds. The van der Waals surface area contributed by atoms with Gasteiger partial charge in [-0.2, -0.15) is 0 Å². The lowest BCUT2D eigenvalue weighted by Crippen LogP contribution is -2.37. The van der Waals surface area contributed by atoms with E-state index in [0.29, 0.717) is 16.8 Å². The maximum absolute atomic E-state index is 13.1. The molecular weight excluding hydrogens is 473 g/mol. The molecule has 0 saturated carbocycles. The zero-order chi connectivity index (χ0) is 24.9. The highest BCUT2D eigenvalue weighted by Gasteiger charge is 2.34. The molecule has 2 heterocycles. The van der Waals surface area contributed by atoms with Crippen LogP contribution in [0.3, 0.4) is 0 Å². The van der Waals surface area contributed by atoms with Crippen LogP contribution < -0.4 is 10.6 Å². The average molecular weight is 494 g/mol. The number of hydrogen-bond donors (Lipinski definition) is 2. The van der Waals surface area contributed by atoms with E-state index in [1.807, 2.05) is 0 Å². The van der Waals surface area contributed by atoms with Gasteiger partial charge < -0.3 is 15.1 Å². The number of imide groups is 1. The Bertz CT molecular complexity index is 1320. The fraction of sp³-hybridized carbons (Fsp3) is 0.120. The molecule has 8 nitrogen and oxygen atoms in total. The summed E-state index contributed by atoms with van der Waals surface area (Å²) in [5.74, 6) is -1.59. The van der Waals surface area contributed by atoms with Crippen LogP contribution in [0.15, 0.2) is 70.2 Å². The predicted octanol–water partition coefficient (Wildman–Crippen LogP) is 4.45. The van der Waals surface area contributed by atoms with Crippen LogP contribution in [0, 0.1) is 12.7 Å². The van der Waals surface area contributed by atoms with Gasteiger partial charge in [-0.05, 0) is 72.3 Å². The minimum absolute atomic E-state index is 0.00882. The third-order valence-electron chi connectivity index (χ3n) is 5.16. The SMILES string of the molecule is Cc1ccc(C(=O)NCCN2C(=O)S/C(=C/c3ccc(F)cc3)C2=O)cc1NC(=O)c1ccco1. The number of aryl methyl sites for hydroxylation is 1. The van der Waals surface area contributed by atoms with Crippen molar-refractivity contribution in [2.75, 3.05) is 18.4 Å². The molecule has 0 spiro atoms. The van der Waals surface area contributed by atoms with Crippen LogP contribution in [0.5, 0.6) is 0 Å². The normalized spacial score (nSPS) is 14.5. The van der Waals surface area contributed by atoms with Gasteiger partial charge in [0.2, 0.25) is 0 Å². The molecule has 2 aromatic carbocycles. The van der Waals surface area contributed by atoms with Crippen molar-refractivity contribution >= 4 is 46.5 Å². The Kier molecular flexibility index (Phi) is 7.11. The zero-order valence-corrected chi connectivity index (χ0v) is 19.4. The molecule has 1 fully saturated rings. The van der Waals surface area contributed by atoms with Crippen LogP contribution in [-0.2, 0) is 4.79 Å². The van der Waals surface area contributed by atoms with Crippen molar-refractivity contribution < 1.29 is 28.0 Å². The van der Waals surface area contributed by atoms with Crippen LogP contribution in [0.1, 0.15) is 32.0 Å². The van der Waals surface area contributed by atoms with Crippen molar-refractivity contribution in [3.63, 3.8) is 0 Å². The standard InChI is InChI=1S/C25H20FN3O5S/c1-15-4-7-17(14-19(15)28-23(31)20-3-2-12-34-20)22(30)27-10-11-29-24(32)21(35-25(29)33)13-16-5-8-18(26)9-6-16/h2-9,12-14H,10-11H2,1H3,(H,27,30)(H,28,31)/b21-13+. The van der Waals surface area contributed by atoms with Crippen molar-refractivity contribution in [1.29, 1.82) is 0 Å². The van der Waals surface area contributed by atoms with Crippen LogP contribution in [0.4, 0.5) is 14.9 Å². The van der Waals surface area contributed by atoms with Crippen molar-refractivity contribution in [1.82, 2.24) is 10.2 Å². The molecule has 0 unspecified atom stereocenters. The van der Waals surface area contributed by atoms with Gasteiger partial charge in [0.1, 0.15) is 5.82 Å². The molecule has 3 aromatic rings. The van der Waals surface area contributed by atoms with Gasteiger partial charge in [-0.25, -0.2) is 4.39 Å². The van der Waals surface area contributed by atoms with Gasteiger partial charge in [0.05, 0.1) is 11.2 Å². The summed E-state index contributed by atoms with van der Waals surface area (Å²) in [6.45, 7) is 1.83. The Morgan fingerprint density at radius 3 is 2.57 bits per heavy atom. The van der Waals surface area contributed by atoms with Crippen LogP contribution in [0.2, 0.25) is 0 Å². The molecule has 0 radical (unpaired) electrons. The smallest absolute Gasteiger partial charge is 0.293 e. The Morgan fingerprint density at radius 1 is 1.09 bits per heavy atom. The van der Waals surface area contributed by atoms with E-state index in [1.54, 1.807) is 25.1 Å². The Labute approximate surface area is 204 Å². The molecule has 0 atom stereocenters. The third-order valence-corrected chi connectivity index (χ3v) is 6.06. The molecule has 2 N–H and O–H groups in total. The molecule has 4 rings (SSSR count). The summed E-state index contributed by atoms with van der Waals surface area (Å²) >= 11 is 0.788. The molecule has 0 bridgehead atoms. The summed E-state index contributed by atoms with van der Waals surface area (Å²) in [5, 5.41) is 4.94. The Morgan fingerprint density at radius 2 is 1.86 bits per heavy atom. The molecule has 1 aliphatic heterocycles. The van der Waals surface area contributed by atoms with Gasteiger partial charge in [0.15, 0.2) is 5.76 Å². The summed E-state index contributed by atoms with van der Waals surface area (Å²) in [7, 11) is 0. The van der Waals surface area contributed by atoms with Crippen molar-refractivity contribution in [2.24, 2.45) is 0 Å². The second-order valence-electron chi connectivity index (χ2n) is 7.60. The summed E-state index contributed by atoms with van der Waals surface area (Å²) in [6, 6.07) is 13.5. The molecule has 178 valence electrons. The fourth-order valence-electron chi connectivity index (χ4n) is 3.28. The van der Waals surface area contributed by atoms with Gasteiger partial charge in [0, 0.05) is 24.3 Å². The van der Waals surface area contributed by atoms with E-state index in [-0.39, 0.29) is 23.8 Å². The average Bonchev–Trinajstić information content (AvgIpc) is 3.46. The largest absolute Gasteiger partial charge is 0.459 e. The first-order chi connectivity index (χ1) is 16.8. The molecule has 35 heavy (non-hydrogen) atoms. The van der Waals surface area contributed by atoms with Crippen LogP contribution >= 0.6 is 11.8 Å². The molecular formula is C25H20FN3O5S. The quantitative estimate of drug-likeness (QED) is 0.471. The number of benzene rings is 2. The molecule has 1 aliphatic rings. The Balaban J connectivity index is 1.35. The number of furan rings is 1. The van der Waals surface area contributed by atoms with E-state index < -0.39 is 28.8 Å². The van der Waals surface area contributed by atoms with Crippen LogP contribution in [0.25, 0.3) is 6.08 Å². The van der Waals surface area contributed by atoms with Crippen molar-refractivity contribution in [3.8, 4) is 0 Å². The number of carbonyl (C=O) groups excluding carboxylic acids is 4. The number of nitrogens with zero attached hydrogens (tertiary/aromatic N) is 1. The number of anilines is 1. The first-order valence-electron chi connectivity index (χ1n) is 10.6. The van der Waals surface area contributed by atoms with Crippen LogP contribution in [-0.4, -0.2) is 41.0 Å². The summed E-state index contributed by atoms with van der Waals surface area (Å²) in [4.78, 5) is 51.0. The summed E-state index contributed by atoms with van der Waals surface area (Å²) in [6.07, 6.45) is 2.91. The highest BCUT2D eigenvalue weighted by molar-refractivity contribution is 8.18. The zero-order valence-electron chi connectivity index (χ0n) is 18.5. The third kappa shape index (κ3) is 5.67. The second kappa shape index (κ2) is 10.4. The number of rotatable bonds is 7. The fourth-order valence-corrected chi connectivity index (χ4v) is 4.14. The van der Waals surface area contributed by atoms with E-state index in [0.717, 1.165) is 22.2 Å². The second-order valence-corrected chi connectivity index (χ2v) is 8.60. The minimum Gasteiger partial charge on any atom is -0.459 e. The molecule has 0 aliphatic carbocycles. The number of hydrogen-bond acceptors (Lipinski definition) is 6. The topological polar surface area (TPSA) is 109 Å². The van der Waals surface area contributed by atoms with Gasteiger partial charge in [-0.15, -0.1) is 0 Å². The molecule has 1 aromatic heterocycles. The number of nitrogens with one attached hydrogen (secondary N) is 2. The van der Waals surface area contributed by atoms with E-state index >= 15 is 0 Å². The lowest BCUT2D eigenvalue weighted by atomic mass is 10.1. The monoisotopic (exact) mass is 493 g/mol. The van der Waals surface area contributed by atoms with Gasteiger partial charge >= 0.3 is 0 Å². The number of carbonyl (C=O) groups is 4. The number of amides is 4. The highest BCUT2D eigenvalue weighted by Crippen LogP contribution is 2.31. The van der Waals surface area contributed by atoms with E-state index in [1.165, 1.54) is 48.7 Å². The van der Waals surface area contributed by atoms with E-state index in [4.69, 9.17) is 4.42 Å². The van der Waals surface area contributed by atoms with Crippen molar-refractivity contribution in [2.45, 2.75) is 6.92 Å². The maximum Gasteiger partial charge on any atom is 0.293 e. The van der Waals surface area contributed by atoms with E-state index in [9.17, 15) is 23.6 Å². The predicted molar refractivity (Wildman–Crippen MR) is 129 cm³/mol.